The van der Waals surface area contributed by atoms with E-state index in [1.54, 1.807) is 18.9 Å². The van der Waals surface area contributed by atoms with E-state index in [2.05, 4.69) is 26.1 Å². The Morgan fingerprint density at radius 1 is 1.06 bits per heavy atom. The molecule has 1 aliphatic rings. The number of aliphatic carboxylic acids is 1. The Labute approximate surface area is 199 Å². The van der Waals surface area contributed by atoms with Crippen molar-refractivity contribution in [3.05, 3.63) is 47.5 Å². The molecule has 180 valence electrons. The molecule has 0 bridgehead atoms. The van der Waals surface area contributed by atoms with Gasteiger partial charge in [-0.1, -0.05) is 26.8 Å². The second-order valence-corrected chi connectivity index (χ2v) is 9.86. The highest BCUT2D eigenvalue weighted by molar-refractivity contribution is 7.99. The first kappa shape index (κ1) is 25.1. The van der Waals surface area contributed by atoms with Crippen LogP contribution in [0.3, 0.4) is 0 Å². The number of nitrogens with one attached hydrogen (secondary N) is 1. The molecule has 7 nitrogen and oxygen atoms in total. The lowest BCUT2D eigenvalue weighted by molar-refractivity contribution is -0.138. The largest absolute Gasteiger partial charge is 0.497 e. The Balaban J connectivity index is 1.63. The van der Waals surface area contributed by atoms with E-state index < -0.39 is 12.0 Å². The van der Waals surface area contributed by atoms with Crippen molar-refractivity contribution in [2.24, 2.45) is 0 Å². The van der Waals surface area contributed by atoms with Crippen LogP contribution in [-0.2, 0) is 10.2 Å². The van der Waals surface area contributed by atoms with Crippen LogP contribution < -0.4 is 24.3 Å². The van der Waals surface area contributed by atoms with Crippen LogP contribution in [0.4, 0.5) is 0 Å². The van der Waals surface area contributed by atoms with Crippen LogP contribution in [-0.4, -0.2) is 49.8 Å². The molecule has 1 fully saturated rings. The highest BCUT2D eigenvalue weighted by Crippen LogP contribution is 2.38. The molecule has 3 rings (SSSR count). The number of benzene rings is 2. The molecule has 0 aromatic heterocycles. The first-order valence-corrected chi connectivity index (χ1v) is 12.1. The van der Waals surface area contributed by atoms with E-state index in [-0.39, 0.29) is 10.8 Å². The average Bonchev–Trinajstić information content (AvgIpc) is 3.28. The van der Waals surface area contributed by atoms with Gasteiger partial charge >= 0.3 is 5.97 Å². The molecule has 2 N–H and O–H groups in total. The number of carbonyl (C=O) groups is 1. The summed E-state index contributed by atoms with van der Waals surface area (Å²) < 4.78 is 23.1. The number of methoxy groups -OCH3 is 1. The van der Waals surface area contributed by atoms with E-state index >= 15 is 0 Å². The fraction of sp³-hybridized carbons (Fsp3) is 0.480. The van der Waals surface area contributed by atoms with Gasteiger partial charge in [-0.05, 0) is 48.2 Å². The normalized spacial score (nSPS) is 18.1. The molecule has 0 amide bonds. The van der Waals surface area contributed by atoms with Gasteiger partial charge in [-0.25, -0.2) is 0 Å². The number of ether oxygens (including phenoxy) is 4. The lowest BCUT2D eigenvalue weighted by Gasteiger charge is -2.23. The van der Waals surface area contributed by atoms with Crippen LogP contribution >= 0.6 is 11.8 Å². The zero-order chi connectivity index (χ0) is 24.0. The number of thioether (sulfide) groups is 1. The minimum Gasteiger partial charge on any atom is -0.497 e. The van der Waals surface area contributed by atoms with E-state index in [4.69, 9.17) is 18.9 Å². The van der Waals surface area contributed by atoms with E-state index in [9.17, 15) is 9.90 Å². The monoisotopic (exact) mass is 475 g/mol. The summed E-state index contributed by atoms with van der Waals surface area (Å²) in [6.07, 6.45) is 0. The topological polar surface area (TPSA) is 86.3 Å². The summed E-state index contributed by atoms with van der Waals surface area (Å²) in [4.78, 5) is 11.2. The highest BCUT2D eigenvalue weighted by atomic mass is 32.2. The Hall–Kier alpha value is -2.58. The molecule has 2 aromatic rings. The summed E-state index contributed by atoms with van der Waals surface area (Å²) in [5.74, 6) is 2.57. The van der Waals surface area contributed by atoms with Crippen molar-refractivity contribution < 1.29 is 28.8 Å². The summed E-state index contributed by atoms with van der Waals surface area (Å²) in [6.45, 7) is 9.56. The Morgan fingerprint density at radius 2 is 1.76 bits per heavy atom. The molecular weight excluding hydrogens is 442 g/mol. The average molecular weight is 476 g/mol. The van der Waals surface area contributed by atoms with Crippen molar-refractivity contribution >= 4 is 17.7 Å². The first-order valence-electron chi connectivity index (χ1n) is 11.0. The maximum atomic E-state index is 11.2. The Morgan fingerprint density at radius 3 is 2.36 bits per heavy atom. The predicted molar refractivity (Wildman–Crippen MR) is 130 cm³/mol. The van der Waals surface area contributed by atoms with Crippen LogP contribution in [0.1, 0.15) is 44.2 Å². The third kappa shape index (κ3) is 6.48. The van der Waals surface area contributed by atoms with Gasteiger partial charge in [-0.2, -0.15) is 0 Å². The second kappa shape index (κ2) is 11.0. The van der Waals surface area contributed by atoms with Crippen molar-refractivity contribution in [3.8, 4) is 23.0 Å². The number of rotatable bonds is 10. The van der Waals surface area contributed by atoms with Crippen LogP contribution in [0.25, 0.3) is 0 Å². The maximum absolute atomic E-state index is 11.2. The molecule has 1 saturated heterocycles. The molecule has 1 heterocycles. The summed E-state index contributed by atoms with van der Waals surface area (Å²) in [5.41, 5.74) is 1.94. The molecule has 0 spiro atoms. The number of carboxylic acid groups (broad SMARTS) is 1. The maximum Gasteiger partial charge on any atom is 0.321 e. The van der Waals surface area contributed by atoms with Crippen LogP contribution in [0.15, 0.2) is 36.4 Å². The van der Waals surface area contributed by atoms with Crippen LogP contribution in [0.2, 0.25) is 0 Å². The molecule has 0 saturated carbocycles. The number of hydrogen-bond donors (Lipinski definition) is 2. The minimum absolute atomic E-state index is 0.0887. The van der Waals surface area contributed by atoms with Gasteiger partial charge in [-0.3, -0.25) is 10.1 Å². The van der Waals surface area contributed by atoms with Crippen molar-refractivity contribution in [2.75, 3.05) is 32.7 Å². The Kier molecular flexibility index (Phi) is 8.37. The number of hydrogen-bond acceptors (Lipinski definition) is 7. The van der Waals surface area contributed by atoms with Gasteiger partial charge in [-0.15, -0.1) is 11.8 Å². The van der Waals surface area contributed by atoms with Gasteiger partial charge in [0.1, 0.15) is 30.8 Å². The third-order valence-corrected chi connectivity index (χ3v) is 6.51. The molecule has 8 heteroatoms. The summed E-state index contributed by atoms with van der Waals surface area (Å²) in [5, 5.41) is 12.3. The standard InChI is InChI=1S/C25H33NO6S/c1-6-30-22-13-16(23-26-19(15-33-23)24(27)28)7-9-21(22)32-12-11-31-20-10-8-17(29-5)14-18(20)25(2,3)4/h7-10,13-14,19,23,26H,6,11-12,15H2,1-5H3,(H,27,28). The van der Waals surface area contributed by atoms with Crippen molar-refractivity contribution in [1.29, 1.82) is 0 Å². The zero-order valence-electron chi connectivity index (χ0n) is 19.8. The van der Waals surface area contributed by atoms with Gasteiger partial charge in [0.15, 0.2) is 11.5 Å². The fourth-order valence-electron chi connectivity index (χ4n) is 3.53. The third-order valence-electron chi connectivity index (χ3n) is 5.24. The molecule has 2 atom stereocenters. The van der Waals surface area contributed by atoms with E-state index in [0.29, 0.717) is 37.1 Å². The van der Waals surface area contributed by atoms with E-state index in [1.165, 1.54) is 0 Å². The zero-order valence-corrected chi connectivity index (χ0v) is 20.7. The highest BCUT2D eigenvalue weighted by Gasteiger charge is 2.30. The molecular formula is C25H33NO6S. The molecule has 0 radical (unpaired) electrons. The quantitative estimate of drug-likeness (QED) is 0.481. The Bertz CT molecular complexity index is 958. The van der Waals surface area contributed by atoms with Crippen molar-refractivity contribution in [1.82, 2.24) is 5.32 Å². The van der Waals surface area contributed by atoms with Gasteiger partial charge in [0.2, 0.25) is 0 Å². The van der Waals surface area contributed by atoms with Gasteiger partial charge in [0, 0.05) is 11.3 Å². The summed E-state index contributed by atoms with van der Waals surface area (Å²) in [7, 11) is 1.66. The number of carboxylic acids is 1. The smallest absolute Gasteiger partial charge is 0.321 e. The molecule has 2 unspecified atom stereocenters. The molecule has 33 heavy (non-hydrogen) atoms. The summed E-state index contributed by atoms with van der Waals surface area (Å²) in [6, 6.07) is 11.0. The van der Waals surface area contributed by atoms with Crippen molar-refractivity contribution in [3.63, 3.8) is 0 Å². The van der Waals surface area contributed by atoms with Gasteiger partial charge in [0.25, 0.3) is 0 Å². The predicted octanol–water partition coefficient (Wildman–Crippen LogP) is 4.64. The van der Waals surface area contributed by atoms with Gasteiger partial charge in [0.05, 0.1) is 19.1 Å². The van der Waals surface area contributed by atoms with Crippen LogP contribution in [0, 0.1) is 0 Å². The van der Waals surface area contributed by atoms with E-state index in [1.807, 2.05) is 43.3 Å². The molecule has 2 aromatic carbocycles. The lowest BCUT2D eigenvalue weighted by atomic mass is 9.86. The van der Waals surface area contributed by atoms with Crippen molar-refractivity contribution in [2.45, 2.75) is 44.5 Å². The summed E-state index contributed by atoms with van der Waals surface area (Å²) >= 11 is 1.57. The molecule has 1 aliphatic heterocycles. The van der Waals surface area contributed by atoms with Gasteiger partial charge < -0.3 is 24.1 Å². The van der Waals surface area contributed by atoms with Crippen LogP contribution in [0.5, 0.6) is 23.0 Å². The van der Waals surface area contributed by atoms with E-state index in [0.717, 1.165) is 22.6 Å². The molecule has 0 aliphatic carbocycles. The lowest BCUT2D eigenvalue weighted by Crippen LogP contribution is -2.33. The minimum atomic E-state index is -0.832. The second-order valence-electron chi connectivity index (χ2n) is 8.72. The fourth-order valence-corrected chi connectivity index (χ4v) is 4.76. The SMILES string of the molecule is CCOc1cc(C2NC(C(=O)O)CS2)ccc1OCCOc1ccc(OC)cc1C(C)(C)C. The first-order chi connectivity index (χ1) is 15.7.